The standard InChI is InChI=1S/C14H14N2O3/c1-19-13(17)8-9-15-14(18)12-7-6-10-4-2-3-5-11(10)16-12/h2-7H,8-9H2,1H3,(H,15,18). The van der Waals surface area contributed by atoms with E-state index in [4.69, 9.17) is 0 Å². The van der Waals surface area contributed by atoms with Crippen molar-refractivity contribution in [3.8, 4) is 0 Å². The zero-order chi connectivity index (χ0) is 13.7. The van der Waals surface area contributed by atoms with Gasteiger partial charge in [-0.15, -0.1) is 0 Å². The van der Waals surface area contributed by atoms with Gasteiger partial charge in [0.2, 0.25) is 0 Å². The van der Waals surface area contributed by atoms with Crippen LogP contribution in [0.3, 0.4) is 0 Å². The second-order valence-electron chi connectivity index (χ2n) is 3.97. The number of nitrogens with zero attached hydrogens (tertiary/aromatic N) is 1. The third-order valence-corrected chi connectivity index (χ3v) is 2.67. The van der Waals surface area contributed by atoms with Gasteiger partial charge in [0, 0.05) is 11.9 Å². The van der Waals surface area contributed by atoms with Crippen LogP contribution in [0.4, 0.5) is 0 Å². The van der Waals surface area contributed by atoms with Gasteiger partial charge in [0.25, 0.3) is 5.91 Å². The summed E-state index contributed by atoms with van der Waals surface area (Å²) in [6.45, 7) is 0.236. The molecule has 19 heavy (non-hydrogen) atoms. The fourth-order valence-electron chi connectivity index (χ4n) is 1.66. The number of hydrogen-bond acceptors (Lipinski definition) is 4. The summed E-state index contributed by atoms with van der Waals surface area (Å²) in [4.78, 5) is 27.0. The molecule has 5 heteroatoms. The maximum absolute atomic E-state index is 11.8. The molecule has 0 spiro atoms. The molecule has 0 saturated carbocycles. The van der Waals surface area contributed by atoms with Gasteiger partial charge in [-0.3, -0.25) is 9.59 Å². The SMILES string of the molecule is COC(=O)CCNC(=O)c1ccc2ccccc2n1. The molecule has 1 N–H and O–H groups in total. The lowest BCUT2D eigenvalue weighted by Crippen LogP contribution is -2.27. The minimum absolute atomic E-state index is 0.149. The largest absolute Gasteiger partial charge is 0.469 e. The first-order valence-electron chi connectivity index (χ1n) is 5.91. The predicted molar refractivity (Wildman–Crippen MR) is 70.7 cm³/mol. The number of fused-ring (bicyclic) bond motifs is 1. The van der Waals surface area contributed by atoms with Gasteiger partial charge in [-0.1, -0.05) is 24.3 Å². The van der Waals surface area contributed by atoms with Gasteiger partial charge in [0.15, 0.2) is 0 Å². The number of rotatable bonds is 4. The van der Waals surface area contributed by atoms with Crippen molar-refractivity contribution in [3.05, 3.63) is 42.1 Å². The van der Waals surface area contributed by atoms with Crippen molar-refractivity contribution in [1.82, 2.24) is 10.3 Å². The van der Waals surface area contributed by atoms with Gasteiger partial charge in [0.05, 0.1) is 19.0 Å². The van der Waals surface area contributed by atoms with Crippen molar-refractivity contribution < 1.29 is 14.3 Å². The number of carbonyl (C=O) groups excluding carboxylic acids is 2. The molecule has 0 aliphatic rings. The van der Waals surface area contributed by atoms with Crippen molar-refractivity contribution in [2.75, 3.05) is 13.7 Å². The van der Waals surface area contributed by atoms with Crippen LogP contribution < -0.4 is 5.32 Å². The van der Waals surface area contributed by atoms with Gasteiger partial charge in [0.1, 0.15) is 5.69 Å². The summed E-state index contributed by atoms with van der Waals surface area (Å²) in [7, 11) is 1.31. The van der Waals surface area contributed by atoms with E-state index < -0.39 is 0 Å². The Morgan fingerprint density at radius 2 is 2.00 bits per heavy atom. The van der Waals surface area contributed by atoms with Gasteiger partial charge in [-0.05, 0) is 12.1 Å². The molecule has 0 bridgehead atoms. The highest BCUT2D eigenvalue weighted by Gasteiger charge is 2.08. The highest BCUT2D eigenvalue weighted by Crippen LogP contribution is 2.11. The van der Waals surface area contributed by atoms with Crippen molar-refractivity contribution in [1.29, 1.82) is 0 Å². The smallest absolute Gasteiger partial charge is 0.307 e. The van der Waals surface area contributed by atoms with E-state index in [1.807, 2.05) is 30.3 Å². The molecule has 0 atom stereocenters. The lowest BCUT2D eigenvalue weighted by molar-refractivity contribution is -0.140. The quantitative estimate of drug-likeness (QED) is 0.844. The van der Waals surface area contributed by atoms with E-state index >= 15 is 0 Å². The molecule has 0 radical (unpaired) electrons. The monoisotopic (exact) mass is 258 g/mol. The molecule has 0 fully saturated rings. The fraction of sp³-hybridized carbons (Fsp3) is 0.214. The second-order valence-corrected chi connectivity index (χ2v) is 3.97. The number of ether oxygens (including phenoxy) is 1. The van der Waals surface area contributed by atoms with Crippen LogP contribution in [0.1, 0.15) is 16.9 Å². The van der Waals surface area contributed by atoms with Crippen LogP contribution in [0.15, 0.2) is 36.4 Å². The first kappa shape index (κ1) is 13.0. The van der Waals surface area contributed by atoms with Crippen LogP contribution in [0.2, 0.25) is 0 Å². The highest BCUT2D eigenvalue weighted by atomic mass is 16.5. The molecule has 1 aromatic carbocycles. The number of benzene rings is 1. The van der Waals surface area contributed by atoms with Crippen LogP contribution in [-0.2, 0) is 9.53 Å². The molecule has 0 aliphatic carbocycles. The summed E-state index contributed by atoms with van der Waals surface area (Å²) in [5.41, 5.74) is 1.10. The van der Waals surface area contributed by atoms with Crippen LogP contribution in [0.5, 0.6) is 0 Å². The summed E-state index contributed by atoms with van der Waals surface area (Å²) in [5, 5.41) is 3.61. The fourth-order valence-corrected chi connectivity index (χ4v) is 1.66. The maximum Gasteiger partial charge on any atom is 0.307 e. The van der Waals surface area contributed by atoms with Gasteiger partial charge >= 0.3 is 5.97 Å². The number of pyridine rings is 1. The zero-order valence-corrected chi connectivity index (χ0v) is 10.6. The van der Waals surface area contributed by atoms with Crippen LogP contribution in [0.25, 0.3) is 10.9 Å². The molecule has 98 valence electrons. The summed E-state index contributed by atoms with van der Waals surface area (Å²) in [5.74, 6) is -0.651. The molecule has 1 aromatic heterocycles. The Bertz CT molecular complexity index is 610. The number of aromatic nitrogens is 1. The Kier molecular flexibility index (Phi) is 4.07. The molecule has 2 rings (SSSR count). The van der Waals surface area contributed by atoms with E-state index in [9.17, 15) is 9.59 Å². The summed E-state index contributed by atoms with van der Waals surface area (Å²) in [6, 6.07) is 11.1. The number of nitrogens with one attached hydrogen (secondary N) is 1. The number of amides is 1. The lowest BCUT2D eigenvalue weighted by Gasteiger charge is -2.05. The molecule has 0 saturated heterocycles. The molecular formula is C14H14N2O3. The van der Waals surface area contributed by atoms with E-state index in [0.717, 1.165) is 10.9 Å². The van der Waals surface area contributed by atoms with Gasteiger partial charge < -0.3 is 10.1 Å². The Hall–Kier alpha value is -2.43. The van der Waals surface area contributed by atoms with E-state index in [2.05, 4.69) is 15.0 Å². The topological polar surface area (TPSA) is 68.3 Å². The molecule has 5 nitrogen and oxygen atoms in total. The maximum atomic E-state index is 11.8. The number of carbonyl (C=O) groups is 2. The van der Waals surface area contributed by atoms with Crippen molar-refractivity contribution in [2.24, 2.45) is 0 Å². The van der Waals surface area contributed by atoms with Crippen molar-refractivity contribution in [2.45, 2.75) is 6.42 Å². The van der Waals surface area contributed by atoms with Crippen LogP contribution in [-0.4, -0.2) is 30.5 Å². The summed E-state index contributed by atoms with van der Waals surface area (Å²) >= 11 is 0. The Labute approximate surface area is 110 Å². The molecule has 1 amide bonds. The van der Waals surface area contributed by atoms with Crippen LogP contribution >= 0.6 is 0 Å². The Morgan fingerprint density at radius 1 is 1.21 bits per heavy atom. The molecule has 0 unspecified atom stereocenters. The first-order chi connectivity index (χ1) is 9.20. The van der Waals surface area contributed by atoms with Crippen LogP contribution in [0, 0.1) is 0 Å². The third-order valence-electron chi connectivity index (χ3n) is 2.67. The lowest BCUT2D eigenvalue weighted by atomic mass is 10.2. The Morgan fingerprint density at radius 3 is 2.79 bits per heavy atom. The summed E-state index contributed by atoms with van der Waals surface area (Å²) in [6.07, 6.45) is 0.149. The normalized spacial score (nSPS) is 10.2. The van der Waals surface area contributed by atoms with Gasteiger partial charge in [-0.25, -0.2) is 4.98 Å². The van der Waals surface area contributed by atoms with Crippen molar-refractivity contribution >= 4 is 22.8 Å². The number of para-hydroxylation sites is 1. The average molecular weight is 258 g/mol. The Balaban J connectivity index is 2.03. The predicted octanol–water partition coefficient (Wildman–Crippen LogP) is 1.53. The molecule has 1 heterocycles. The van der Waals surface area contributed by atoms with E-state index in [1.165, 1.54) is 7.11 Å². The number of methoxy groups -OCH3 is 1. The van der Waals surface area contributed by atoms with E-state index in [1.54, 1.807) is 6.07 Å². The molecule has 2 aromatic rings. The second kappa shape index (κ2) is 5.95. The van der Waals surface area contributed by atoms with Crippen molar-refractivity contribution in [3.63, 3.8) is 0 Å². The molecular weight excluding hydrogens is 244 g/mol. The van der Waals surface area contributed by atoms with Gasteiger partial charge in [-0.2, -0.15) is 0 Å². The number of esters is 1. The van der Waals surface area contributed by atoms with E-state index in [0.29, 0.717) is 5.69 Å². The highest BCUT2D eigenvalue weighted by molar-refractivity contribution is 5.95. The number of hydrogen-bond donors (Lipinski definition) is 1. The average Bonchev–Trinajstić information content (AvgIpc) is 2.46. The first-order valence-corrected chi connectivity index (χ1v) is 5.91. The third kappa shape index (κ3) is 3.28. The minimum Gasteiger partial charge on any atom is -0.469 e. The molecule has 0 aliphatic heterocycles. The zero-order valence-electron chi connectivity index (χ0n) is 10.6. The minimum atomic E-state index is -0.355. The summed E-state index contributed by atoms with van der Waals surface area (Å²) < 4.78 is 4.49. The van der Waals surface area contributed by atoms with E-state index in [-0.39, 0.29) is 24.8 Å².